The minimum Gasteiger partial charge on any atom is -0.371 e. The fraction of sp³-hybridized carbons (Fsp3) is 0.391. The van der Waals surface area contributed by atoms with Crippen molar-refractivity contribution in [2.45, 2.75) is 33.6 Å². The van der Waals surface area contributed by atoms with Crippen molar-refractivity contribution in [3.05, 3.63) is 61.1 Å². The first-order valence-corrected chi connectivity index (χ1v) is 11.6. The molecule has 0 N–H and O–H groups in total. The van der Waals surface area contributed by atoms with Crippen LogP contribution in [0.5, 0.6) is 0 Å². The second-order valence-corrected chi connectivity index (χ2v) is 9.75. The molecule has 1 aliphatic heterocycles. The Hall–Kier alpha value is -1.74. The topological polar surface area (TPSA) is 25.4 Å². The summed E-state index contributed by atoms with van der Waals surface area (Å²) in [7, 11) is 0. The van der Waals surface area contributed by atoms with Crippen molar-refractivity contribution in [1.29, 1.82) is 0 Å². The van der Waals surface area contributed by atoms with Gasteiger partial charge in [-0.05, 0) is 57.4 Å². The molecule has 30 heavy (non-hydrogen) atoms. The van der Waals surface area contributed by atoms with E-state index in [1.807, 2.05) is 19.1 Å². The lowest BCUT2D eigenvalue weighted by Crippen LogP contribution is -2.34. The largest absolute Gasteiger partial charge is 0.371 e. The minimum absolute atomic E-state index is 0.505. The number of halogens is 3. The highest BCUT2D eigenvalue weighted by Crippen LogP contribution is 2.40. The van der Waals surface area contributed by atoms with E-state index in [1.165, 1.54) is 11.3 Å². The number of fused-ring (bicyclic) bond motifs is 1. The quantitative estimate of drug-likeness (QED) is 0.353. The monoisotopic (exact) mass is 504 g/mol. The molecule has 0 aliphatic carbocycles. The van der Waals surface area contributed by atoms with E-state index in [0.717, 1.165) is 58.5 Å². The van der Waals surface area contributed by atoms with E-state index in [4.69, 9.17) is 34.8 Å². The average Bonchev–Trinajstić information content (AvgIpc) is 2.92. The van der Waals surface area contributed by atoms with Gasteiger partial charge in [-0.2, -0.15) is 0 Å². The number of nitrogens with zero attached hydrogens (tertiary/aromatic N) is 4. The summed E-state index contributed by atoms with van der Waals surface area (Å²) < 4.78 is 2.93. The maximum atomic E-state index is 7.15. The van der Waals surface area contributed by atoms with Gasteiger partial charge in [-0.25, -0.2) is 11.6 Å². The molecule has 3 aromatic rings. The Morgan fingerprint density at radius 3 is 2.37 bits per heavy atom. The van der Waals surface area contributed by atoms with Crippen LogP contribution in [-0.2, 0) is 0 Å². The van der Waals surface area contributed by atoms with Crippen LogP contribution in [0.3, 0.4) is 0 Å². The number of benzene rings is 1. The Labute approximate surface area is 195 Å². The molecule has 0 spiro atoms. The lowest BCUT2D eigenvalue weighted by atomic mass is 9.96. The highest BCUT2D eigenvalue weighted by molar-refractivity contribution is 9.10. The number of aryl methyl sites for hydroxylation is 2. The third-order valence-corrected chi connectivity index (χ3v) is 7.12. The van der Waals surface area contributed by atoms with Gasteiger partial charge in [-0.15, -0.1) is 0 Å². The van der Waals surface area contributed by atoms with Crippen molar-refractivity contribution in [1.82, 2.24) is 9.55 Å². The zero-order valence-electron chi connectivity index (χ0n) is 17.3. The van der Waals surface area contributed by atoms with Gasteiger partial charge in [0.25, 0.3) is 0 Å². The van der Waals surface area contributed by atoms with Crippen LogP contribution in [0.2, 0.25) is 10.0 Å². The summed E-state index contributed by atoms with van der Waals surface area (Å²) in [6.07, 6.45) is 2.10. The van der Waals surface area contributed by atoms with Crippen LogP contribution < -0.4 is 4.90 Å². The zero-order valence-corrected chi connectivity index (χ0v) is 20.4. The molecule has 4 rings (SSSR count). The summed E-state index contributed by atoms with van der Waals surface area (Å²) in [5.41, 5.74) is 6.09. The first-order valence-electron chi connectivity index (χ1n) is 10.0. The SMILES string of the molecule is [C-]#[N+]CC1CCN(c2cc(C)nc3c2c(C)c(C)n3-c2c(Cl)cc(Br)cc2Cl)CC1. The van der Waals surface area contributed by atoms with Crippen molar-refractivity contribution in [2.24, 2.45) is 5.92 Å². The zero-order chi connectivity index (χ0) is 21.6. The Morgan fingerprint density at radius 2 is 1.77 bits per heavy atom. The van der Waals surface area contributed by atoms with E-state index in [1.54, 1.807) is 0 Å². The predicted molar refractivity (Wildman–Crippen MR) is 129 cm³/mol. The first-order chi connectivity index (χ1) is 14.3. The molecule has 0 saturated carbocycles. The molecular weight excluding hydrogens is 483 g/mol. The van der Waals surface area contributed by atoms with Gasteiger partial charge in [-0.3, -0.25) is 4.57 Å². The van der Waals surface area contributed by atoms with Crippen molar-refractivity contribution in [3.8, 4) is 5.69 Å². The van der Waals surface area contributed by atoms with E-state index in [0.29, 0.717) is 22.5 Å². The maximum Gasteiger partial charge on any atom is 0.217 e. The molecule has 0 unspecified atom stereocenters. The van der Waals surface area contributed by atoms with Crippen molar-refractivity contribution >= 4 is 55.9 Å². The van der Waals surface area contributed by atoms with E-state index >= 15 is 0 Å². The third kappa shape index (κ3) is 3.70. The molecule has 2 aromatic heterocycles. The second-order valence-electron chi connectivity index (χ2n) is 8.02. The number of anilines is 1. The van der Waals surface area contributed by atoms with Crippen LogP contribution in [-0.4, -0.2) is 29.2 Å². The Morgan fingerprint density at radius 1 is 1.13 bits per heavy atom. The van der Waals surface area contributed by atoms with Crippen LogP contribution in [0.15, 0.2) is 22.7 Å². The summed E-state index contributed by atoms with van der Waals surface area (Å²) >= 11 is 16.7. The fourth-order valence-corrected chi connectivity index (χ4v) is 5.80. The number of piperidine rings is 1. The molecular formula is C23H23BrCl2N4. The summed E-state index contributed by atoms with van der Waals surface area (Å²) in [5, 5.41) is 2.31. The molecule has 3 heterocycles. The van der Waals surface area contributed by atoms with Gasteiger partial charge in [0.05, 0.1) is 15.7 Å². The molecule has 4 nitrogen and oxygen atoms in total. The highest BCUT2D eigenvalue weighted by Gasteiger charge is 2.26. The molecule has 7 heteroatoms. The van der Waals surface area contributed by atoms with Crippen LogP contribution in [0.25, 0.3) is 21.6 Å². The summed E-state index contributed by atoms with van der Waals surface area (Å²) in [4.78, 5) is 10.9. The van der Waals surface area contributed by atoms with Gasteiger partial charge in [-0.1, -0.05) is 39.1 Å². The van der Waals surface area contributed by atoms with Crippen LogP contribution >= 0.6 is 39.1 Å². The number of hydrogen-bond acceptors (Lipinski definition) is 2. The fourth-order valence-electron chi connectivity index (χ4n) is 4.43. The molecule has 1 saturated heterocycles. The van der Waals surface area contributed by atoms with E-state index in [-0.39, 0.29) is 0 Å². The summed E-state index contributed by atoms with van der Waals surface area (Å²) in [6, 6.07) is 5.91. The summed E-state index contributed by atoms with van der Waals surface area (Å²) in [6.45, 7) is 16.0. The Kier molecular flexibility index (Phi) is 6.03. The Bertz CT molecular complexity index is 1150. The molecule has 0 bridgehead atoms. The van der Waals surface area contributed by atoms with Crippen molar-refractivity contribution < 1.29 is 0 Å². The lowest BCUT2D eigenvalue weighted by Gasteiger charge is -2.32. The molecule has 0 amide bonds. The molecule has 1 fully saturated rings. The predicted octanol–water partition coefficient (Wildman–Crippen LogP) is 7.16. The normalized spacial score (nSPS) is 15.0. The number of rotatable bonds is 3. The second kappa shape index (κ2) is 8.42. The first kappa shape index (κ1) is 21.5. The average molecular weight is 506 g/mol. The number of pyridine rings is 1. The van der Waals surface area contributed by atoms with Gasteiger partial charge in [0.1, 0.15) is 5.65 Å². The van der Waals surface area contributed by atoms with Gasteiger partial charge in [0.2, 0.25) is 6.54 Å². The third-order valence-electron chi connectivity index (χ3n) is 6.08. The Balaban J connectivity index is 1.89. The molecule has 156 valence electrons. The van der Waals surface area contributed by atoms with Gasteiger partial charge >= 0.3 is 0 Å². The molecule has 1 aromatic carbocycles. The van der Waals surface area contributed by atoms with E-state index < -0.39 is 0 Å². The number of aromatic nitrogens is 2. The van der Waals surface area contributed by atoms with Crippen LogP contribution in [0.4, 0.5) is 5.69 Å². The van der Waals surface area contributed by atoms with Crippen molar-refractivity contribution in [3.63, 3.8) is 0 Å². The minimum atomic E-state index is 0.505. The molecule has 0 radical (unpaired) electrons. The van der Waals surface area contributed by atoms with Gasteiger partial charge in [0, 0.05) is 45.9 Å². The van der Waals surface area contributed by atoms with E-state index in [2.05, 4.69) is 50.2 Å². The molecule has 1 aliphatic rings. The maximum absolute atomic E-state index is 7.15. The van der Waals surface area contributed by atoms with Crippen LogP contribution in [0.1, 0.15) is 29.8 Å². The lowest BCUT2D eigenvalue weighted by molar-refractivity contribution is 0.431. The van der Waals surface area contributed by atoms with Gasteiger partial charge < -0.3 is 9.74 Å². The smallest absolute Gasteiger partial charge is 0.217 e. The standard InChI is InChI=1S/C23H23BrCl2N4/c1-13-9-20(29-7-5-16(6-8-29)12-27-4)21-14(2)15(3)30(23(21)28-13)22-18(25)10-17(24)11-19(22)26/h9-11,16H,5-8,12H2,1-3H3. The van der Waals surface area contributed by atoms with Gasteiger partial charge in [0.15, 0.2) is 0 Å². The van der Waals surface area contributed by atoms with Crippen LogP contribution in [0, 0.1) is 33.3 Å². The molecule has 0 atom stereocenters. The highest BCUT2D eigenvalue weighted by atomic mass is 79.9. The number of hydrogen-bond donors (Lipinski definition) is 0. The van der Waals surface area contributed by atoms with Crippen molar-refractivity contribution in [2.75, 3.05) is 24.5 Å². The van der Waals surface area contributed by atoms with E-state index in [9.17, 15) is 0 Å². The summed E-state index contributed by atoms with van der Waals surface area (Å²) in [5.74, 6) is 0.505.